The summed E-state index contributed by atoms with van der Waals surface area (Å²) in [5.41, 5.74) is 0.953. The predicted octanol–water partition coefficient (Wildman–Crippen LogP) is 4.08. The Kier molecular flexibility index (Phi) is 7.48. The van der Waals surface area contributed by atoms with Gasteiger partial charge in [0.05, 0.1) is 13.2 Å². The van der Waals surface area contributed by atoms with Gasteiger partial charge in [-0.1, -0.05) is 32.9 Å². The highest BCUT2D eigenvalue weighted by molar-refractivity contribution is 5.87. The van der Waals surface area contributed by atoms with E-state index in [-0.39, 0.29) is 5.97 Å². The molecule has 0 unspecified atom stereocenters. The zero-order valence-electron chi connectivity index (χ0n) is 12.6. The largest absolute Gasteiger partial charge is 0.494 e. The molecule has 0 saturated carbocycles. The lowest BCUT2D eigenvalue weighted by Crippen LogP contribution is -2.01. The zero-order chi connectivity index (χ0) is 14.8. The van der Waals surface area contributed by atoms with E-state index in [1.54, 1.807) is 6.08 Å². The molecule has 0 fully saturated rings. The molecule has 0 atom stereocenters. The Morgan fingerprint density at radius 1 is 1.20 bits per heavy atom. The smallest absolute Gasteiger partial charge is 0.330 e. The highest BCUT2D eigenvalue weighted by Gasteiger charge is 1.98. The topological polar surface area (TPSA) is 35.5 Å². The van der Waals surface area contributed by atoms with Crippen molar-refractivity contribution in [3.63, 3.8) is 0 Å². The van der Waals surface area contributed by atoms with E-state index < -0.39 is 0 Å². The molecule has 3 heteroatoms. The third-order valence-electron chi connectivity index (χ3n) is 2.70. The van der Waals surface area contributed by atoms with E-state index in [0.717, 1.165) is 30.8 Å². The SMILES string of the molecule is CCCOC(=O)/C=C/c1ccc(OCCC(C)C)cc1. The van der Waals surface area contributed by atoms with Crippen molar-refractivity contribution >= 4 is 12.0 Å². The number of carbonyl (C=O) groups is 1. The third kappa shape index (κ3) is 6.98. The highest BCUT2D eigenvalue weighted by Crippen LogP contribution is 2.14. The molecule has 0 radical (unpaired) electrons. The minimum Gasteiger partial charge on any atom is -0.494 e. The maximum absolute atomic E-state index is 11.3. The van der Waals surface area contributed by atoms with Crippen LogP contribution in [0.15, 0.2) is 30.3 Å². The standard InChI is InChI=1S/C17H24O3/c1-4-12-20-17(18)10-7-15-5-8-16(9-6-15)19-13-11-14(2)3/h5-10,14H,4,11-13H2,1-3H3/b10-7+. The first-order valence-corrected chi connectivity index (χ1v) is 7.19. The number of rotatable bonds is 8. The minimum absolute atomic E-state index is 0.302. The molecule has 0 heterocycles. The summed E-state index contributed by atoms with van der Waals surface area (Å²) in [7, 11) is 0. The number of esters is 1. The van der Waals surface area contributed by atoms with Gasteiger partial charge < -0.3 is 9.47 Å². The molecule has 3 nitrogen and oxygen atoms in total. The van der Waals surface area contributed by atoms with Crippen LogP contribution in [0.2, 0.25) is 0 Å². The quantitative estimate of drug-likeness (QED) is 0.530. The fourth-order valence-corrected chi connectivity index (χ4v) is 1.50. The van der Waals surface area contributed by atoms with E-state index in [9.17, 15) is 4.79 Å². The molecule has 0 saturated heterocycles. The molecule has 0 bridgehead atoms. The van der Waals surface area contributed by atoms with Crippen LogP contribution in [0.4, 0.5) is 0 Å². The molecule has 1 rings (SSSR count). The predicted molar refractivity (Wildman–Crippen MR) is 81.7 cm³/mol. The van der Waals surface area contributed by atoms with Crippen molar-refractivity contribution in [3.05, 3.63) is 35.9 Å². The summed E-state index contributed by atoms with van der Waals surface area (Å²) in [6.07, 6.45) is 5.08. The van der Waals surface area contributed by atoms with Crippen LogP contribution in [-0.4, -0.2) is 19.2 Å². The Morgan fingerprint density at radius 2 is 1.90 bits per heavy atom. The lowest BCUT2D eigenvalue weighted by molar-refractivity contribution is -0.137. The van der Waals surface area contributed by atoms with Gasteiger partial charge in [0.25, 0.3) is 0 Å². The summed E-state index contributed by atoms with van der Waals surface area (Å²) in [6, 6.07) is 7.68. The van der Waals surface area contributed by atoms with Crippen LogP contribution < -0.4 is 4.74 Å². The van der Waals surface area contributed by atoms with Crippen LogP contribution in [0, 0.1) is 5.92 Å². The summed E-state index contributed by atoms with van der Waals surface area (Å²) in [6.45, 7) is 7.51. The summed E-state index contributed by atoms with van der Waals surface area (Å²) >= 11 is 0. The van der Waals surface area contributed by atoms with E-state index in [0.29, 0.717) is 12.5 Å². The molecule has 20 heavy (non-hydrogen) atoms. The van der Waals surface area contributed by atoms with Crippen molar-refractivity contribution in [3.8, 4) is 5.75 Å². The Labute approximate surface area is 121 Å². The second-order valence-electron chi connectivity index (χ2n) is 5.10. The monoisotopic (exact) mass is 276 g/mol. The molecule has 0 aliphatic rings. The summed E-state index contributed by atoms with van der Waals surface area (Å²) < 4.78 is 10.6. The fraction of sp³-hybridized carbons (Fsp3) is 0.471. The van der Waals surface area contributed by atoms with Crippen molar-refractivity contribution in [2.75, 3.05) is 13.2 Å². The number of carbonyl (C=O) groups excluding carboxylic acids is 1. The van der Waals surface area contributed by atoms with Gasteiger partial charge >= 0.3 is 5.97 Å². The lowest BCUT2D eigenvalue weighted by atomic mass is 10.1. The van der Waals surface area contributed by atoms with E-state index >= 15 is 0 Å². The van der Waals surface area contributed by atoms with Crippen LogP contribution in [-0.2, 0) is 9.53 Å². The second kappa shape index (κ2) is 9.18. The van der Waals surface area contributed by atoms with Crippen LogP contribution in [0.25, 0.3) is 6.08 Å². The average Bonchev–Trinajstić information content (AvgIpc) is 2.44. The van der Waals surface area contributed by atoms with Gasteiger partial charge in [0.1, 0.15) is 5.75 Å². The molecule has 0 amide bonds. The normalized spacial score (nSPS) is 11.0. The maximum atomic E-state index is 11.3. The van der Waals surface area contributed by atoms with Crippen molar-refractivity contribution in [2.24, 2.45) is 5.92 Å². The first kappa shape index (κ1) is 16.3. The van der Waals surface area contributed by atoms with Crippen molar-refractivity contribution < 1.29 is 14.3 Å². The Hall–Kier alpha value is -1.77. The molecule has 0 spiro atoms. The average molecular weight is 276 g/mol. The van der Waals surface area contributed by atoms with Crippen molar-refractivity contribution in [1.29, 1.82) is 0 Å². The fourth-order valence-electron chi connectivity index (χ4n) is 1.50. The molecular weight excluding hydrogens is 252 g/mol. The van der Waals surface area contributed by atoms with Crippen molar-refractivity contribution in [2.45, 2.75) is 33.6 Å². The van der Waals surface area contributed by atoms with E-state index in [2.05, 4.69) is 13.8 Å². The molecule has 0 aliphatic heterocycles. The van der Waals surface area contributed by atoms with E-state index in [4.69, 9.17) is 9.47 Å². The molecule has 110 valence electrons. The number of hydrogen-bond donors (Lipinski definition) is 0. The molecule has 0 aliphatic carbocycles. The highest BCUT2D eigenvalue weighted by atomic mass is 16.5. The van der Waals surface area contributed by atoms with Gasteiger partial charge in [-0.25, -0.2) is 4.79 Å². The molecule has 1 aromatic rings. The van der Waals surface area contributed by atoms with Gasteiger partial charge in [-0.3, -0.25) is 0 Å². The second-order valence-corrected chi connectivity index (χ2v) is 5.10. The third-order valence-corrected chi connectivity index (χ3v) is 2.70. The molecule has 0 aromatic heterocycles. The lowest BCUT2D eigenvalue weighted by Gasteiger charge is -2.08. The molecular formula is C17H24O3. The van der Waals surface area contributed by atoms with Gasteiger partial charge in [0.2, 0.25) is 0 Å². The minimum atomic E-state index is -0.302. The van der Waals surface area contributed by atoms with Gasteiger partial charge in [-0.15, -0.1) is 0 Å². The Balaban J connectivity index is 2.41. The van der Waals surface area contributed by atoms with Gasteiger partial charge in [0.15, 0.2) is 0 Å². The molecule has 1 aromatic carbocycles. The zero-order valence-corrected chi connectivity index (χ0v) is 12.6. The maximum Gasteiger partial charge on any atom is 0.330 e. The molecule has 0 N–H and O–H groups in total. The first-order valence-electron chi connectivity index (χ1n) is 7.19. The first-order chi connectivity index (χ1) is 9.61. The number of benzene rings is 1. The van der Waals surface area contributed by atoms with E-state index in [1.807, 2.05) is 31.2 Å². The van der Waals surface area contributed by atoms with E-state index in [1.165, 1.54) is 6.08 Å². The van der Waals surface area contributed by atoms with Crippen LogP contribution in [0.1, 0.15) is 39.2 Å². The summed E-state index contributed by atoms with van der Waals surface area (Å²) in [5, 5.41) is 0. The number of ether oxygens (including phenoxy) is 2. The van der Waals surface area contributed by atoms with Crippen LogP contribution in [0.3, 0.4) is 0 Å². The number of hydrogen-bond acceptors (Lipinski definition) is 3. The Bertz CT molecular complexity index is 418. The summed E-state index contributed by atoms with van der Waals surface area (Å²) in [5.74, 6) is 1.20. The summed E-state index contributed by atoms with van der Waals surface area (Å²) in [4.78, 5) is 11.3. The van der Waals surface area contributed by atoms with Crippen LogP contribution in [0.5, 0.6) is 5.75 Å². The van der Waals surface area contributed by atoms with Gasteiger partial charge in [-0.2, -0.15) is 0 Å². The van der Waals surface area contributed by atoms with Crippen LogP contribution >= 0.6 is 0 Å². The van der Waals surface area contributed by atoms with Crippen molar-refractivity contribution in [1.82, 2.24) is 0 Å². The Morgan fingerprint density at radius 3 is 2.50 bits per heavy atom. The van der Waals surface area contributed by atoms with Gasteiger partial charge in [-0.05, 0) is 42.5 Å². The van der Waals surface area contributed by atoms with Gasteiger partial charge in [0, 0.05) is 6.08 Å².